The van der Waals surface area contributed by atoms with Gasteiger partial charge >= 0.3 is 0 Å². The van der Waals surface area contributed by atoms with Gasteiger partial charge in [-0.15, -0.1) is 0 Å². The highest BCUT2D eigenvalue weighted by molar-refractivity contribution is 5.45. The van der Waals surface area contributed by atoms with Gasteiger partial charge in [0, 0.05) is 24.3 Å². The Balaban J connectivity index is 2.20. The number of anilines is 2. The number of rotatable bonds is 3. The maximum atomic E-state index is 4.34. The largest absolute Gasteiger partial charge is 0.365 e. The van der Waals surface area contributed by atoms with E-state index in [1.165, 1.54) is 12.8 Å². The third-order valence-corrected chi connectivity index (χ3v) is 2.51. The van der Waals surface area contributed by atoms with Crippen LogP contribution in [0.5, 0.6) is 0 Å². The van der Waals surface area contributed by atoms with E-state index < -0.39 is 0 Å². The van der Waals surface area contributed by atoms with Gasteiger partial charge < -0.3 is 10.6 Å². The molecule has 0 aliphatic heterocycles. The molecule has 2 N–H and O–H groups in total. The van der Waals surface area contributed by atoms with E-state index in [1.54, 1.807) is 0 Å². The zero-order chi connectivity index (χ0) is 10.2. The van der Waals surface area contributed by atoms with E-state index in [0.29, 0.717) is 5.95 Å². The third kappa shape index (κ3) is 1.95. The lowest BCUT2D eigenvalue weighted by Gasteiger charge is -2.13. The second-order valence-electron chi connectivity index (χ2n) is 4.15. The van der Waals surface area contributed by atoms with E-state index in [1.807, 2.05) is 20.0 Å². The molecule has 1 heterocycles. The Kier molecular flexibility index (Phi) is 2.06. The van der Waals surface area contributed by atoms with Crippen LogP contribution >= 0.6 is 0 Å². The smallest absolute Gasteiger partial charge is 0.224 e. The molecule has 0 radical (unpaired) electrons. The first-order valence-corrected chi connectivity index (χ1v) is 4.93. The topological polar surface area (TPSA) is 49.8 Å². The fourth-order valence-electron chi connectivity index (χ4n) is 1.37. The number of hydrogen-bond acceptors (Lipinski definition) is 4. The van der Waals surface area contributed by atoms with Gasteiger partial charge in [0.2, 0.25) is 5.95 Å². The summed E-state index contributed by atoms with van der Waals surface area (Å²) in [4.78, 5) is 8.58. The average molecular weight is 192 g/mol. The molecule has 1 saturated carbocycles. The highest BCUT2D eigenvalue weighted by Crippen LogP contribution is 2.37. The molecular weight excluding hydrogens is 176 g/mol. The number of aryl methyl sites for hydroxylation is 1. The Hall–Kier alpha value is -1.32. The summed E-state index contributed by atoms with van der Waals surface area (Å²) in [5.41, 5.74) is 1.25. The summed E-state index contributed by atoms with van der Waals surface area (Å²) >= 11 is 0. The zero-order valence-corrected chi connectivity index (χ0v) is 8.89. The van der Waals surface area contributed by atoms with Crippen molar-refractivity contribution < 1.29 is 0 Å². The second-order valence-corrected chi connectivity index (χ2v) is 4.15. The highest BCUT2D eigenvalue weighted by atomic mass is 15.2. The molecule has 0 bridgehead atoms. The minimum Gasteiger partial charge on any atom is -0.365 e. The Morgan fingerprint density at radius 3 is 2.64 bits per heavy atom. The highest BCUT2D eigenvalue weighted by Gasteiger charge is 2.37. The van der Waals surface area contributed by atoms with Crippen LogP contribution in [0.25, 0.3) is 0 Å². The van der Waals surface area contributed by atoms with Crippen LogP contribution in [0.4, 0.5) is 11.8 Å². The summed E-state index contributed by atoms with van der Waals surface area (Å²) < 4.78 is 0. The molecule has 0 amide bonds. The summed E-state index contributed by atoms with van der Waals surface area (Å²) in [5, 5.41) is 6.37. The molecule has 0 spiro atoms. The Bertz CT molecular complexity index is 344. The maximum absolute atomic E-state index is 4.34. The first kappa shape index (κ1) is 9.24. The van der Waals surface area contributed by atoms with Crippen molar-refractivity contribution in [1.29, 1.82) is 0 Å². The van der Waals surface area contributed by atoms with Crippen molar-refractivity contribution in [2.24, 2.45) is 0 Å². The van der Waals surface area contributed by atoms with Crippen LogP contribution in [0.15, 0.2) is 6.07 Å². The van der Waals surface area contributed by atoms with E-state index in [9.17, 15) is 0 Å². The molecule has 14 heavy (non-hydrogen) atoms. The molecule has 1 aromatic rings. The van der Waals surface area contributed by atoms with Crippen molar-refractivity contribution in [1.82, 2.24) is 9.97 Å². The lowest BCUT2D eigenvalue weighted by Crippen LogP contribution is -2.17. The fourth-order valence-corrected chi connectivity index (χ4v) is 1.37. The number of nitrogens with zero attached hydrogens (tertiary/aromatic N) is 2. The first-order chi connectivity index (χ1) is 6.61. The van der Waals surface area contributed by atoms with Gasteiger partial charge in [0.25, 0.3) is 0 Å². The summed E-state index contributed by atoms with van der Waals surface area (Å²) in [7, 11) is 1.83. The van der Waals surface area contributed by atoms with Crippen molar-refractivity contribution in [3.63, 3.8) is 0 Å². The summed E-state index contributed by atoms with van der Waals surface area (Å²) in [6.45, 7) is 4.19. The molecule has 76 valence electrons. The van der Waals surface area contributed by atoms with Crippen molar-refractivity contribution in [3.8, 4) is 0 Å². The predicted octanol–water partition coefficient (Wildman–Crippen LogP) is 1.79. The van der Waals surface area contributed by atoms with E-state index in [-0.39, 0.29) is 5.54 Å². The quantitative estimate of drug-likeness (QED) is 0.766. The predicted molar refractivity (Wildman–Crippen MR) is 57.6 cm³/mol. The van der Waals surface area contributed by atoms with Crippen LogP contribution in [-0.4, -0.2) is 22.6 Å². The van der Waals surface area contributed by atoms with Crippen LogP contribution in [0.3, 0.4) is 0 Å². The van der Waals surface area contributed by atoms with Crippen molar-refractivity contribution in [2.45, 2.75) is 32.2 Å². The molecular formula is C10H16N4. The Morgan fingerprint density at radius 2 is 2.07 bits per heavy atom. The minimum absolute atomic E-state index is 0.270. The van der Waals surface area contributed by atoms with Gasteiger partial charge in [-0.1, -0.05) is 0 Å². The zero-order valence-electron chi connectivity index (χ0n) is 8.89. The Morgan fingerprint density at radius 1 is 1.36 bits per heavy atom. The lowest BCUT2D eigenvalue weighted by atomic mass is 10.3. The van der Waals surface area contributed by atoms with Gasteiger partial charge in [-0.2, -0.15) is 4.98 Å². The minimum atomic E-state index is 0.270. The molecule has 0 atom stereocenters. The molecule has 4 nitrogen and oxygen atoms in total. The molecule has 0 aromatic carbocycles. The standard InChI is InChI=1S/C10H16N4/c1-7-6-8(13-9(11-3)12-7)14-10(2)4-5-10/h6H,4-5H2,1-3H3,(H2,11,12,13,14). The van der Waals surface area contributed by atoms with Gasteiger partial charge in [-0.25, -0.2) is 4.98 Å². The third-order valence-electron chi connectivity index (χ3n) is 2.51. The summed E-state index contributed by atoms with van der Waals surface area (Å²) in [5.74, 6) is 1.60. The van der Waals surface area contributed by atoms with Crippen molar-refractivity contribution >= 4 is 11.8 Å². The van der Waals surface area contributed by atoms with Gasteiger partial charge in [0.15, 0.2) is 0 Å². The molecule has 0 saturated heterocycles. The summed E-state index contributed by atoms with van der Waals surface area (Å²) in [6.07, 6.45) is 2.45. The maximum Gasteiger partial charge on any atom is 0.224 e. The second kappa shape index (κ2) is 3.12. The first-order valence-electron chi connectivity index (χ1n) is 4.93. The summed E-state index contributed by atoms with van der Waals surface area (Å²) in [6, 6.07) is 1.98. The molecule has 1 aliphatic carbocycles. The van der Waals surface area contributed by atoms with Gasteiger partial charge in [-0.05, 0) is 26.7 Å². The van der Waals surface area contributed by atoms with Gasteiger partial charge in [-0.3, -0.25) is 0 Å². The van der Waals surface area contributed by atoms with Crippen LogP contribution in [0.2, 0.25) is 0 Å². The normalized spacial score (nSPS) is 17.6. The van der Waals surface area contributed by atoms with E-state index in [0.717, 1.165) is 11.5 Å². The fraction of sp³-hybridized carbons (Fsp3) is 0.600. The van der Waals surface area contributed by atoms with E-state index in [2.05, 4.69) is 27.5 Å². The van der Waals surface area contributed by atoms with Crippen LogP contribution < -0.4 is 10.6 Å². The van der Waals surface area contributed by atoms with Gasteiger partial charge in [0.1, 0.15) is 5.82 Å². The molecule has 4 heteroatoms. The Labute approximate surface area is 84.2 Å². The van der Waals surface area contributed by atoms with Crippen LogP contribution in [0.1, 0.15) is 25.5 Å². The molecule has 1 aliphatic rings. The number of nitrogens with one attached hydrogen (secondary N) is 2. The molecule has 0 unspecified atom stereocenters. The van der Waals surface area contributed by atoms with Crippen LogP contribution in [-0.2, 0) is 0 Å². The lowest BCUT2D eigenvalue weighted by molar-refractivity contribution is 0.818. The van der Waals surface area contributed by atoms with E-state index in [4.69, 9.17) is 0 Å². The van der Waals surface area contributed by atoms with Gasteiger partial charge in [0.05, 0.1) is 0 Å². The van der Waals surface area contributed by atoms with E-state index >= 15 is 0 Å². The number of hydrogen-bond donors (Lipinski definition) is 2. The van der Waals surface area contributed by atoms with Crippen molar-refractivity contribution in [3.05, 3.63) is 11.8 Å². The SMILES string of the molecule is CNc1nc(C)cc(NC2(C)CC2)n1. The monoisotopic (exact) mass is 192 g/mol. The average Bonchev–Trinajstić information content (AvgIpc) is 2.82. The molecule has 1 fully saturated rings. The molecule has 1 aromatic heterocycles. The van der Waals surface area contributed by atoms with Crippen molar-refractivity contribution in [2.75, 3.05) is 17.7 Å². The van der Waals surface area contributed by atoms with Crippen LogP contribution in [0, 0.1) is 6.92 Å². The number of aromatic nitrogens is 2. The molecule has 2 rings (SSSR count).